The maximum absolute atomic E-state index is 5.39. The van der Waals surface area contributed by atoms with E-state index in [-0.39, 0.29) is 6.04 Å². The van der Waals surface area contributed by atoms with Crippen LogP contribution in [0.15, 0.2) is 296 Å². The second-order valence-electron chi connectivity index (χ2n) is 18.1. The molecule has 12 rings (SSSR count). The van der Waals surface area contributed by atoms with Gasteiger partial charge in [0, 0.05) is 34.1 Å². The van der Waals surface area contributed by atoms with E-state index in [1.807, 2.05) is 0 Å². The van der Waals surface area contributed by atoms with E-state index in [9.17, 15) is 0 Å². The Labute approximate surface area is 422 Å². The zero-order chi connectivity index (χ0) is 48.1. The Hall–Kier alpha value is -9.51. The van der Waals surface area contributed by atoms with E-state index in [1.54, 1.807) is 0 Å². The summed E-state index contributed by atoms with van der Waals surface area (Å²) in [4.78, 5) is 10.1. The number of benzene rings is 11. The zero-order valence-corrected chi connectivity index (χ0v) is 39.6. The second kappa shape index (κ2) is 19.8. The summed E-state index contributed by atoms with van der Waals surface area (Å²) in [5.74, 6) is 0. The van der Waals surface area contributed by atoms with Gasteiger partial charge in [0.25, 0.3) is 0 Å². The van der Waals surface area contributed by atoms with Crippen LogP contribution in [-0.2, 0) is 0 Å². The molecule has 0 saturated carbocycles. The molecule has 0 fully saturated rings. The van der Waals surface area contributed by atoms with Gasteiger partial charge in [-0.1, -0.05) is 206 Å². The number of rotatable bonds is 12. The Balaban J connectivity index is 0.884. The average Bonchev–Trinajstić information content (AvgIpc) is 3.47. The van der Waals surface area contributed by atoms with Crippen molar-refractivity contribution < 1.29 is 0 Å². The number of nitrogens with zero attached hydrogens (tertiary/aromatic N) is 3. The van der Waals surface area contributed by atoms with Gasteiger partial charge in [0.05, 0.1) is 23.1 Å². The van der Waals surface area contributed by atoms with Gasteiger partial charge < -0.3 is 15.1 Å². The molecule has 0 aliphatic carbocycles. The lowest BCUT2D eigenvalue weighted by molar-refractivity contribution is 1.01. The Morgan fingerprint density at radius 2 is 0.514 bits per heavy atom. The molecule has 0 aromatic heterocycles. The van der Waals surface area contributed by atoms with Gasteiger partial charge in [0.2, 0.25) is 0 Å². The van der Waals surface area contributed by atoms with Crippen LogP contribution < -0.4 is 15.1 Å². The Kier molecular flexibility index (Phi) is 12.1. The fraction of sp³-hybridized carbons (Fsp3) is 0.0147. The summed E-state index contributed by atoms with van der Waals surface area (Å²) in [6, 6.07) is 104. The highest BCUT2D eigenvalue weighted by Gasteiger charge is 2.26. The molecule has 342 valence electrons. The highest BCUT2D eigenvalue weighted by molar-refractivity contribution is 6.10. The first-order valence-corrected chi connectivity index (χ1v) is 24.6. The van der Waals surface area contributed by atoms with Crippen molar-refractivity contribution in [2.75, 3.05) is 15.1 Å². The predicted octanol–water partition coefficient (Wildman–Crippen LogP) is 18.6. The van der Waals surface area contributed by atoms with Crippen molar-refractivity contribution in [2.45, 2.75) is 6.04 Å². The summed E-state index contributed by atoms with van der Waals surface area (Å²) >= 11 is 0. The molecule has 0 radical (unpaired) electrons. The van der Waals surface area contributed by atoms with Crippen molar-refractivity contribution in [3.05, 3.63) is 302 Å². The van der Waals surface area contributed by atoms with Crippen LogP contribution in [0.2, 0.25) is 0 Å². The van der Waals surface area contributed by atoms with Crippen molar-refractivity contribution in [1.29, 1.82) is 0 Å². The maximum atomic E-state index is 5.39. The van der Waals surface area contributed by atoms with Gasteiger partial charge >= 0.3 is 0 Å². The SMILES string of the molecule is c1ccc(-c2ccc(N(c3ccc(C4=Nc5ccccc5NC4c4ccc(N(c5ccc(-c6ccccc6)cc5)c5ccc(-c6ccccc6)cc5)cc4)cc3)c3ccc(-c4ccccc4)cc3)cc2)cc1. The second-order valence-corrected chi connectivity index (χ2v) is 18.1. The van der Waals surface area contributed by atoms with E-state index < -0.39 is 0 Å². The number of hydrogen-bond acceptors (Lipinski definition) is 4. The molecule has 1 heterocycles. The van der Waals surface area contributed by atoms with E-state index >= 15 is 0 Å². The van der Waals surface area contributed by atoms with E-state index in [0.717, 1.165) is 62.3 Å². The Bertz CT molecular complexity index is 3410. The summed E-state index contributed by atoms with van der Waals surface area (Å²) in [6.45, 7) is 0. The third-order valence-electron chi connectivity index (χ3n) is 13.6. The molecule has 11 aromatic rings. The monoisotopic (exact) mass is 922 g/mol. The number of aliphatic imine (C=N–C) groups is 1. The fourth-order valence-corrected chi connectivity index (χ4v) is 9.81. The van der Waals surface area contributed by atoms with Gasteiger partial charge in [-0.05, 0) is 141 Å². The van der Waals surface area contributed by atoms with Crippen molar-refractivity contribution in [1.82, 2.24) is 0 Å². The molecule has 1 aliphatic heterocycles. The molecule has 1 aliphatic rings. The molecule has 0 amide bonds. The van der Waals surface area contributed by atoms with Crippen LogP contribution in [0.25, 0.3) is 44.5 Å². The van der Waals surface area contributed by atoms with Crippen LogP contribution in [-0.4, -0.2) is 5.71 Å². The summed E-state index contributed by atoms with van der Waals surface area (Å²) in [6.07, 6.45) is 0. The molecule has 72 heavy (non-hydrogen) atoms. The molecule has 1 atom stereocenters. The quantitative estimate of drug-likeness (QED) is 0.132. The van der Waals surface area contributed by atoms with Crippen LogP contribution in [0.4, 0.5) is 45.5 Å². The van der Waals surface area contributed by atoms with E-state index in [0.29, 0.717) is 0 Å². The Morgan fingerprint density at radius 3 is 0.847 bits per heavy atom. The fourth-order valence-electron chi connectivity index (χ4n) is 9.81. The maximum Gasteiger partial charge on any atom is 0.0947 e. The topological polar surface area (TPSA) is 30.9 Å². The lowest BCUT2D eigenvalue weighted by Gasteiger charge is -2.30. The Morgan fingerprint density at radius 1 is 0.250 bits per heavy atom. The van der Waals surface area contributed by atoms with Crippen molar-refractivity contribution in [3.63, 3.8) is 0 Å². The number of hydrogen-bond donors (Lipinski definition) is 1. The molecule has 0 saturated heterocycles. The number of anilines is 7. The number of nitrogens with one attached hydrogen (secondary N) is 1. The van der Waals surface area contributed by atoms with Crippen LogP contribution in [0.1, 0.15) is 17.2 Å². The largest absolute Gasteiger partial charge is 0.371 e. The molecule has 1 N–H and O–H groups in total. The lowest BCUT2D eigenvalue weighted by atomic mass is 9.93. The summed E-state index contributed by atoms with van der Waals surface area (Å²) < 4.78 is 0. The number of fused-ring (bicyclic) bond motifs is 1. The molecular weight excluding hydrogens is 873 g/mol. The first-order chi connectivity index (χ1) is 35.7. The van der Waals surface area contributed by atoms with E-state index in [4.69, 9.17) is 4.99 Å². The van der Waals surface area contributed by atoms with Crippen molar-refractivity contribution >= 4 is 51.2 Å². The molecular formula is C68H50N4. The minimum Gasteiger partial charge on any atom is -0.371 e. The van der Waals surface area contributed by atoms with Crippen molar-refractivity contribution in [3.8, 4) is 44.5 Å². The zero-order valence-electron chi connectivity index (χ0n) is 39.6. The minimum atomic E-state index is -0.198. The van der Waals surface area contributed by atoms with Gasteiger partial charge in [0.1, 0.15) is 0 Å². The van der Waals surface area contributed by atoms with Gasteiger partial charge in [-0.15, -0.1) is 0 Å². The summed E-state index contributed by atoms with van der Waals surface area (Å²) in [5.41, 5.74) is 21.0. The standard InChI is InChI=1S/C68H50N4/c1-5-15-49(16-6-1)53-25-37-59(38-26-53)71(60-39-27-54(28-40-60)50-17-7-2-8-18-50)63-45-33-57(34-46-63)67-68(70-66-24-14-13-23-65(66)69-67)58-35-47-64(48-36-58)72(61-41-29-55(30-42-61)51-19-9-3-10-20-51)62-43-31-56(32-44-62)52-21-11-4-12-22-52/h1-48,67,69H. The molecule has 0 spiro atoms. The van der Waals surface area contributed by atoms with Gasteiger partial charge in [-0.3, -0.25) is 0 Å². The smallest absolute Gasteiger partial charge is 0.0947 e. The molecule has 4 nitrogen and oxygen atoms in total. The highest BCUT2D eigenvalue weighted by atomic mass is 15.1. The number of para-hydroxylation sites is 2. The normalized spacial score (nSPS) is 12.8. The third kappa shape index (κ3) is 9.09. The first-order valence-electron chi connectivity index (χ1n) is 24.6. The van der Waals surface area contributed by atoms with Crippen LogP contribution >= 0.6 is 0 Å². The first kappa shape index (κ1) is 43.7. The lowest BCUT2D eigenvalue weighted by Crippen LogP contribution is -2.25. The van der Waals surface area contributed by atoms with E-state index in [2.05, 4.69) is 306 Å². The predicted molar refractivity (Wildman–Crippen MR) is 303 cm³/mol. The van der Waals surface area contributed by atoms with Gasteiger partial charge in [-0.25, -0.2) is 4.99 Å². The minimum absolute atomic E-state index is 0.198. The van der Waals surface area contributed by atoms with E-state index in [1.165, 1.54) is 44.5 Å². The highest BCUT2D eigenvalue weighted by Crippen LogP contribution is 2.42. The van der Waals surface area contributed by atoms with Gasteiger partial charge in [0.15, 0.2) is 0 Å². The van der Waals surface area contributed by atoms with Crippen LogP contribution in [0.5, 0.6) is 0 Å². The van der Waals surface area contributed by atoms with Crippen LogP contribution in [0.3, 0.4) is 0 Å². The molecule has 1 unspecified atom stereocenters. The van der Waals surface area contributed by atoms with Gasteiger partial charge in [-0.2, -0.15) is 0 Å². The molecule has 4 heteroatoms. The average molecular weight is 923 g/mol. The summed E-state index contributed by atoms with van der Waals surface area (Å²) in [5, 5.41) is 3.89. The van der Waals surface area contributed by atoms with Crippen molar-refractivity contribution in [2.24, 2.45) is 4.99 Å². The summed E-state index contributed by atoms with van der Waals surface area (Å²) in [7, 11) is 0. The molecule has 11 aromatic carbocycles. The van der Waals surface area contributed by atoms with Crippen LogP contribution in [0, 0.1) is 0 Å². The molecule has 0 bridgehead atoms. The third-order valence-corrected chi connectivity index (χ3v) is 13.6.